The smallest absolute Gasteiger partial charge is 0.411 e. The van der Waals surface area contributed by atoms with E-state index in [0.717, 1.165) is 23.4 Å². The van der Waals surface area contributed by atoms with Crippen LogP contribution in [-0.2, 0) is 9.47 Å². The molecule has 30 heavy (non-hydrogen) atoms. The Kier molecular flexibility index (Phi) is 4.55. The maximum absolute atomic E-state index is 12.4. The zero-order chi connectivity index (χ0) is 20.9. The van der Waals surface area contributed by atoms with Crippen molar-refractivity contribution in [3.8, 4) is 5.75 Å². The minimum atomic E-state index is -0.421. The molecule has 1 amide bonds. The first-order valence-electron chi connectivity index (χ1n) is 10.8. The van der Waals surface area contributed by atoms with Gasteiger partial charge >= 0.3 is 6.09 Å². The normalized spacial score (nSPS) is 36.2. The van der Waals surface area contributed by atoms with Gasteiger partial charge in [0.1, 0.15) is 18.0 Å². The summed E-state index contributed by atoms with van der Waals surface area (Å²) in [5, 5.41) is 2.82. The molecule has 2 heterocycles. The number of carbonyl (C=O) groups is 1. The molecule has 0 unspecified atom stereocenters. The molecule has 2 fully saturated rings. The van der Waals surface area contributed by atoms with E-state index >= 15 is 0 Å². The molecule has 0 spiro atoms. The molecule has 2 aromatic rings. The van der Waals surface area contributed by atoms with Crippen LogP contribution in [0.5, 0.6) is 5.75 Å². The highest BCUT2D eigenvalue weighted by Gasteiger charge is 2.64. The molecule has 2 bridgehead atoms. The first kappa shape index (κ1) is 19.4. The Balaban J connectivity index is 1.38. The number of fused-ring (bicyclic) bond motifs is 3. The third kappa shape index (κ3) is 2.90. The Morgan fingerprint density at radius 3 is 2.67 bits per heavy atom. The van der Waals surface area contributed by atoms with E-state index in [-0.39, 0.29) is 23.0 Å². The Morgan fingerprint density at radius 1 is 1.13 bits per heavy atom. The van der Waals surface area contributed by atoms with E-state index in [1.807, 2.05) is 48.5 Å². The number of benzene rings is 2. The van der Waals surface area contributed by atoms with Crippen LogP contribution in [0.15, 0.2) is 54.6 Å². The first-order chi connectivity index (χ1) is 14.4. The minimum absolute atomic E-state index is 0.0220. The molecule has 158 valence electrons. The van der Waals surface area contributed by atoms with Crippen molar-refractivity contribution in [2.45, 2.75) is 38.9 Å². The summed E-state index contributed by atoms with van der Waals surface area (Å²) in [5.41, 5.74) is 1.37. The van der Waals surface area contributed by atoms with Crippen molar-refractivity contribution in [2.24, 2.45) is 23.2 Å². The van der Waals surface area contributed by atoms with E-state index in [9.17, 15) is 4.79 Å². The van der Waals surface area contributed by atoms with Crippen LogP contribution in [-0.4, -0.2) is 24.9 Å². The van der Waals surface area contributed by atoms with Crippen molar-refractivity contribution in [3.63, 3.8) is 0 Å². The predicted octanol–water partition coefficient (Wildman–Crippen LogP) is 5.44. The summed E-state index contributed by atoms with van der Waals surface area (Å²) in [6, 6.07) is 17.6. The molecule has 6 atom stereocenters. The van der Waals surface area contributed by atoms with Gasteiger partial charge in [-0.25, -0.2) is 4.79 Å². The number of carbonyl (C=O) groups excluding carboxylic acids is 1. The topological polar surface area (TPSA) is 56.8 Å². The van der Waals surface area contributed by atoms with Gasteiger partial charge in [0.05, 0.1) is 12.7 Å². The lowest BCUT2D eigenvalue weighted by molar-refractivity contribution is -0.259. The molecule has 1 N–H and O–H groups in total. The van der Waals surface area contributed by atoms with Gasteiger partial charge < -0.3 is 14.2 Å². The number of hydrogen-bond donors (Lipinski definition) is 1. The fourth-order valence-corrected chi connectivity index (χ4v) is 6.13. The Hall–Kier alpha value is -2.53. The van der Waals surface area contributed by atoms with Gasteiger partial charge in [-0.1, -0.05) is 50.2 Å². The molecule has 0 aromatic heterocycles. The quantitative estimate of drug-likeness (QED) is 0.736. The van der Waals surface area contributed by atoms with Crippen molar-refractivity contribution in [2.75, 3.05) is 18.5 Å². The number of ether oxygens (including phenoxy) is 3. The van der Waals surface area contributed by atoms with Crippen LogP contribution in [0, 0.1) is 23.2 Å². The minimum Gasteiger partial charge on any atom is -0.487 e. The van der Waals surface area contributed by atoms with Gasteiger partial charge in [-0.15, -0.1) is 0 Å². The Labute approximate surface area is 177 Å². The molecular weight excluding hydrogens is 378 g/mol. The van der Waals surface area contributed by atoms with Gasteiger partial charge in [-0.05, 0) is 43.4 Å². The van der Waals surface area contributed by atoms with Crippen molar-refractivity contribution >= 4 is 11.8 Å². The van der Waals surface area contributed by atoms with Gasteiger partial charge in [0.25, 0.3) is 0 Å². The molecule has 1 aliphatic carbocycles. The number of nitrogens with one attached hydrogen (secondary N) is 1. The summed E-state index contributed by atoms with van der Waals surface area (Å²) >= 11 is 0. The highest BCUT2D eigenvalue weighted by atomic mass is 16.6. The van der Waals surface area contributed by atoms with Gasteiger partial charge in [-0.2, -0.15) is 0 Å². The van der Waals surface area contributed by atoms with Crippen LogP contribution in [0.2, 0.25) is 0 Å². The van der Waals surface area contributed by atoms with E-state index in [4.69, 9.17) is 14.2 Å². The lowest BCUT2D eigenvalue weighted by atomic mass is 9.50. The number of amides is 1. The highest BCUT2D eigenvalue weighted by Crippen LogP contribution is 2.63. The molecule has 5 nitrogen and oxygen atoms in total. The SMILES string of the molecule is C[C@@H]1C[C@]2(C)Oc3ccccc3[C@@H]3OC[C@]1(COC(=O)Nc1ccccc1)[C@@H](C)[C@@H]32. The van der Waals surface area contributed by atoms with Gasteiger partial charge in [0, 0.05) is 22.6 Å². The van der Waals surface area contributed by atoms with Crippen LogP contribution < -0.4 is 10.1 Å². The Morgan fingerprint density at radius 2 is 1.87 bits per heavy atom. The second-order valence-corrected chi connectivity index (χ2v) is 9.40. The van der Waals surface area contributed by atoms with Gasteiger partial charge in [0.15, 0.2) is 0 Å². The average Bonchev–Trinajstić information content (AvgIpc) is 2.73. The molecule has 1 saturated heterocycles. The first-order valence-corrected chi connectivity index (χ1v) is 10.8. The van der Waals surface area contributed by atoms with E-state index < -0.39 is 6.09 Å². The van der Waals surface area contributed by atoms with Gasteiger partial charge in [0.2, 0.25) is 0 Å². The zero-order valence-corrected chi connectivity index (χ0v) is 17.8. The molecule has 0 radical (unpaired) electrons. The fourth-order valence-electron chi connectivity index (χ4n) is 6.13. The van der Waals surface area contributed by atoms with Crippen molar-refractivity contribution in [1.29, 1.82) is 0 Å². The van der Waals surface area contributed by atoms with Crippen molar-refractivity contribution in [3.05, 3.63) is 60.2 Å². The van der Waals surface area contributed by atoms with Crippen molar-refractivity contribution in [1.82, 2.24) is 0 Å². The molecule has 1 saturated carbocycles. The van der Waals surface area contributed by atoms with Crippen molar-refractivity contribution < 1.29 is 19.0 Å². The van der Waals surface area contributed by atoms with E-state index in [1.165, 1.54) is 0 Å². The second kappa shape index (κ2) is 7.02. The summed E-state index contributed by atoms with van der Waals surface area (Å²) in [6.07, 6.45) is 0.518. The monoisotopic (exact) mass is 407 g/mol. The molecular formula is C25H29NO4. The summed E-state index contributed by atoms with van der Waals surface area (Å²) in [7, 11) is 0. The van der Waals surface area contributed by atoms with Gasteiger partial charge in [-0.3, -0.25) is 5.32 Å². The van der Waals surface area contributed by atoms with Crippen LogP contribution in [0.25, 0.3) is 0 Å². The molecule has 2 aliphatic heterocycles. The second-order valence-electron chi connectivity index (χ2n) is 9.40. The number of rotatable bonds is 3. The largest absolute Gasteiger partial charge is 0.487 e. The number of anilines is 1. The Bertz CT molecular complexity index is 947. The molecule has 3 aliphatic rings. The van der Waals surface area contributed by atoms with E-state index in [2.05, 4.69) is 32.2 Å². The summed E-state index contributed by atoms with van der Waals surface area (Å²) in [5.74, 6) is 1.75. The zero-order valence-electron chi connectivity index (χ0n) is 17.8. The lowest BCUT2D eigenvalue weighted by Gasteiger charge is -2.63. The number of para-hydroxylation sites is 2. The molecule has 5 rings (SSSR count). The molecule has 5 heteroatoms. The third-order valence-corrected chi connectivity index (χ3v) is 7.76. The molecule has 2 aromatic carbocycles. The van der Waals surface area contributed by atoms with Crippen LogP contribution in [0.3, 0.4) is 0 Å². The van der Waals surface area contributed by atoms with E-state index in [0.29, 0.717) is 25.0 Å². The van der Waals surface area contributed by atoms with E-state index in [1.54, 1.807) is 0 Å². The van der Waals surface area contributed by atoms with Crippen LogP contribution >= 0.6 is 0 Å². The summed E-state index contributed by atoms with van der Waals surface area (Å²) < 4.78 is 18.8. The maximum Gasteiger partial charge on any atom is 0.411 e. The average molecular weight is 408 g/mol. The van der Waals surface area contributed by atoms with Crippen LogP contribution in [0.4, 0.5) is 10.5 Å². The summed E-state index contributed by atoms with van der Waals surface area (Å²) in [4.78, 5) is 12.4. The van der Waals surface area contributed by atoms with Crippen LogP contribution in [0.1, 0.15) is 38.9 Å². The fraction of sp³-hybridized carbons (Fsp3) is 0.480. The summed E-state index contributed by atoms with van der Waals surface area (Å²) in [6.45, 7) is 7.66. The standard InChI is InChI=1S/C25H29NO4/c1-16-13-24(3)21-17(2)25(16,15-29-23(27)26-18-9-5-4-6-10-18)14-28-22(21)19-11-7-8-12-20(19)30-24/h4-12,16-17,21-22H,13-15H2,1-3H3,(H,26,27)/t16-,17+,21+,22+,24+,25-/m1/s1. The number of hydrogen-bond acceptors (Lipinski definition) is 4. The lowest BCUT2D eigenvalue weighted by Crippen LogP contribution is -2.66. The third-order valence-electron chi connectivity index (χ3n) is 7.76. The highest BCUT2D eigenvalue weighted by molar-refractivity contribution is 5.84. The maximum atomic E-state index is 12.4. The predicted molar refractivity (Wildman–Crippen MR) is 114 cm³/mol.